The Morgan fingerprint density at radius 2 is 1.53 bits per heavy atom. The number of aromatic carboxylic acids is 1. The van der Waals surface area contributed by atoms with Gasteiger partial charge in [-0.25, -0.2) is 4.79 Å². The Morgan fingerprint density at radius 1 is 0.944 bits per heavy atom. The van der Waals surface area contributed by atoms with Gasteiger partial charge < -0.3 is 9.52 Å². The van der Waals surface area contributed by atoms with E-state index < -0.39 is 40.9 Å². The van der Waals surface area contributed by atoms with Gasteiger partial charge in [0.15, 0.2) is 4.32 Å². The Morgan fingerprint density at radius 3 is 2.06 bits per heavy atom. The van der Waals surface area contributed by atoms with Crippen LogP contribution in [0.5, 0.6) is 0 Å². The van der Waals surface area contributed by atoms with Crippen LogP contribution in [0.15, 0.2) is 63.9 Å². The molecule has 1 aromatic heterocycles. The van der Waals surface area contributed by atoms with Crippen molar-refractivity contribution in [2.75, 3.05) is 4.90 Å². The predicted molar refractivity (Wildman–Crippen MR) is 123 cm³/mol. The summed E-state index contributed by atoms with van der Waals surface area (Å²) in [7, 11) is 0. The fourth-order valence-corrected chi connectivity index (χ4v) is 4.53. The minimum atomic E-state index is -5.01. The number of carbonyl (C=O) groups is 2. The van der Waals surface area contributed by atoms with Crippen LogP contribution in [0.1, 0.15) is 27.2 Å². The van der Waals surface area contributed by atoms with Gasteiger partial charge in [0.25, 0.3) is 5.91 Å². The highest BCUT2D eigenvalue weighted by atomic mass is 32.2. The van der Waals surface area contributed by atoms with Crippen molar-refractivity contribution in [2.45, 2.75) is 12.4 Å². The molecule has 36 heavy (non-hydrogen) atoms. The lowest BCUT2D eigenvalue weighted by Crippen LogP contribution is -2.27. The zero-order valence-corrected chi connectivity index (χ0v) is 19.1. The number of carboxylic acids is 1. The average Bonchev–Trinajstić information content (AvgIpc) is 3.36. The molecular formula is C23H11F6NO4S2. The fourth-order valence-electron chi connectivity index (χ4n) is 3.26. The van der Waals surface area contributed by atoms with Crippen molar-refractivity contribution in [3.05, 3.63) is 82.0 Å². The molecule has 1 fully saturated rings. The first-order chi connectivity index (χ1) is 16.7. The minimum Gasteiger partial charge on any atom is -0.478 e. The maximum Gasteiger partial charge on any atom is 0.416 e. The third-order valence-corrected chi connectivity index (χ3v) is 6.24. The Labute approximate surface area is 208 Å². The van der Waals surface area contributed by atoms with Gasteiger partial charge in [-0.3, -0.25) is 9.69 Å². The van der Waals surface area contributed by atoms with Crippen LogP contribution in [0, 0.1) is 0 Å². The van der Waals surface area contributed by atoms with Gasteiger partial charge in [0, 0.05) is 11.6 Å². The van der Waals surface area contributed by atoms with Gasteiger partial charge in [-0.1, -0.05) is 24.0 Å². The van der Waals surface area contributed by atoms with Crippen LogP contribution in [0.4, 0.5) is 32.0 Å². The first-order valence-electron chi connectivity index (χ1n) is 9.75. The Bertz CT molecular complexity index is 1370. The van der Waals surface area contributed by atoms with Gasteiger partial charge in [-0.2, -0.15) is 26.3 Å². The van der Waals surface area contributed by atoms with Crippen LogP contribution in [-0.2, 0) is 17.1 Å². The maximum atomic E-state index is 13.2. The molecule has 0 bridgehead atoms. The van der Waals surface area contributed by atoms with Gasteiger partial charge in [-0.15, -0.1) is 0 Å². The summed E-state index contributed by atoms with van der Waals surface area (Å²) in [5.41, 5.74) is -3.09. The summed E-state index contributed by atoms with van der Waals surface area (Å²) in [4.78, 5) is 25.1. The van der Waals surface area contributed by atoms with Gasteiger partial charge in [0.2, 0.25) is 0 Å². The van der Waals surface area contributed by atoms with E-state index >= 15 is 0 Å². The van der Waals surface area contributed by atoms with Crippen LogP contribution >= 0.6 is 24.0 Å². The van der Waals surface area contributed by atoms with E-state index in [0.717, 1.165) is 16.7 Å². The molecule has 13 heteroatoms. The molecule has 0 saturated carbocycles. The maximum absolute atomic E-state index is 13.2. The van der Waals surface area contributed by atoms with E-state index in [1.807, 2.05) is 0 Å². The second kappa shape index (κ2) is 9.13. The number of carbonyl (C=O) groups excluding carboxylic acids is 1. The summed E-state index contributed by atoms with van der Waals surface area (Å²) < 4.78 is 84.5. The van der Waals surface area contributed by atoms with Crippen LogP contribution in [0.25, 0.3) is 17.4 Å². The normalized spacial score (nSPS) is 15.7. The number of amides is 1. The van der Waals surface area contributed by atoms with Crippen LogP contribution in [0.3, 0.4) is 0 Å². The average molecular weight is 543 g/mol. The molecule has 1 aliphatic heterocycles. The Balaban J connectivity index is 1.64. The molecule has 1 aliphatic rings. The molecule has 1 N–H and O–H groups in total. The third kappa shape index (κ3) is 5.16. The molecule has 0 spiro atoms. The van der Waals surface area contributed by atoms with E-state index in [1.54, 1.807) is 0 Å². The van der Waals surface area contributed by atoms with E-state index in [-0.39, 0.29) is 32.4 Å². The van der Waals surface area contributed by atoms with E-state index in [1.165, 1.54) is 42.5 Å². The first kappa shape index (κ1) is 25.5. The van der Waals surface area contributed by atoms with Crippen LogP contribution in [-0.4, -0.2) is 21.3 Å². The molecule has 2 heterocycles. The largest absolute Gasteiger partial charge is 0.478 e. The van der Waals surface area contributed by atoms with Gasteiger partial charge >= 0.3 is 18.3 Å². The highest BCUT2D eigenvalue weighted by molar-refractivity contribution is 8.27. The molecule has 4 rings (SSSR count). The number of thioether (sulfide) groups is 1. The van der Waals surface area contributed by atoms with E-state index in [4.69, 9.17) is 21.7 Å². The number of thiocarbonyl (C=S) groups is 1. The molecule has 5 nitrogen and oxygen atoms in total. The monoisotopic (exact) mass is 543 g/mol. The third-order valence-electron chi connectivity index (χ3n) is 4.94. The molecule has 0 aliphatic carbocycles. The van der Waals surface area contributed by atoms with E-state index in [9.17, 15) is 35.9 Å². The number of carboxylic acid groups (broad SMARTS) is 1. The number of furan rings is 1. The zero-order valence-electron chi connectivity index (χ0n) is 17.5. The highest BCUT2D eigenvalue weighted by Crippen LogP contribution is 2.40. The topological polar surface area (TPSA) is 70.8 Å². The molecule has 0 atom stereocenters. The van der Waals surface area contributed by atoms with Crippen LogP contribution < -0.4 is 4.90 Å². The summed E-state index contributed by atoms with van der Waals surface area (Å²) in [5.74, 6) is -1.98. The second-order valence-corrected chi connectivity index (χ2v) is 9.04. The molecular weight excluding hydrogens is 532 g/mol. The molecule has 1 saturated heterocycles. The lowest BCUT2D eigenvalue weighted by atomic mass is 10.0. The number of anilines is 1. The number of hydrogen-bond donors (Lipinski definition) is 1. The smallest absolute Gasteiger partial charge is 0.416 e. The molecule has 0 radical (unpaired) electrons. The van der Waals surface area contributed by atoms with Crippen molar-refractivity contribution in [1.29, 1.82) is 0 Å². The van der Waals surface area contributed by atoms with Crippen molar-refractivity contribution in [3.8, 4) is 11.3 Å². The van der Waals surface area contributed by atoms with Gasteiger partial charge in [-0.05, 0) is 54.6 Å². The summed E-state index contributed by atoms with van der Waals surface area (Å²) in [6.07, 6.45) is -8.77. The molecule has 2 aromatic carbocycles. The van der Waals surface area contributed by atoms with Crippen LogP contribution in [0.2, 0.25) is 0 Å². The van der Waals surface area contributed by atoms with Crippen molar-refractivity contribution in [3.63, 3.8) is 0 Å². The Kier molecular flexibility index (Phi) is 6.47. The molecule has 3 aromatic rings. The van der Waals surface area contributed by atoms with Crippen molar-refractivity contribution in [2.24, 2.45) is 0 Å². The predicted octanol–water partition coefficient (Wildman–Crippen LogP) is 7.09. The molecule has 0 unspecified atom stereocenters. The quantitative estimate of drug-likeness (QED) is 0.215. The lowest BCUT2D eigenvalue weighted by Gasteiger charge is -2.14. The lowest BCUT2D eigenvalue weighted by molar-refractivity contribution is -0.143. The Hall–Kier alpha value is -3.58. The van der Waals surface area contributed by atoms with Crippen molar-refractivity contribution in [1.82, 2.24) is 0 Å². The van der Waals surface area contributed by atoms with E-state index in [0.29, 0.717) is 17.8 Å². The van der Waals surface area contributed by atoms with Gasteiger partial charge in [0.05, 0.1) is 27.3 Å². The number of hydrogen-bond acceptors (Lipinski definition) is 5. The molecule has 1 amide bonds. The summed E-state index contributed by atoms with van der Waals surface area (Å²) in [6.45, 7) is 0. The molecule has 186 valence electrons. The summed E-state index contributed by atoms with van der Waals surface area (Å²) >= 11 is 6.12. The summed E-state index contributed by atoms with van der Waals surface area (Å²) in [5, 5.41) is 9.00. The minimum absolute atomic E-state index is 0.00213. The highest BCUT2D eigenvalue weighted by Gasteiger charge is 2.37. The van der Waals surface area contributed by atoms with Gasteiger partial charge in [0.1, 0.15) is 11.5 Å². The number of alkyl halides is 6. The van der Waals surface area contributed by atoms with Crippen molar-refractivity contribution >= 4 is 51.9 Å². The van der Waals surface area contributed by atoms with Crippen molar-refractivity contribution < 1.29 is 45.5 Å². The summed E-state index contributed by atoms with van der Waals surface area (Å²) in [6, 6.07) is 8.95. The number of benzene rings is 2. The number of nitrogens with zero attached hydrogens (tertiary/aromatic N) is 1. The number of rotatable bonds is 4. The first-order valence-corrected chi connectivity index (χ1v) is 11.0. The fraction of sp³-hybridized carbons (Fsp3) is 0.0870. The number of halogens is 6. The SMILES string of the molecule is O=C(O)c1ccc(N2C(=O)/C(=C/c3ccc(-c4cc(C(F)(F)F)cc(C(F)(F)F)c4)o3)SC2=S)cc1. The van der Waals surface area contributed by atoms with E-state index in [2.05, 4.69) is 0 Å². The standard InChI is InChI=1S/C23H11F6NO4S2/c24-22(25,26)13-7-12(8-14(9-13)23(27,28)29)17-6-5-16(34-17)10-18-19(31)30(21(35)36-18)15-3-1-11(2-4-15)20(32)33/h1-10H,(H,32,33)/b18-10-. The second-order valence-electron chi connectivity index (χ2n) is 7.37. The zero-order chi connectivity index (χ0) is 26.4.